The third kappa shape index (κ3) is 3.77. The fourth-order valence-electron chi connectivity index (χ4n) is 3.41. The standard InChI is InChI=1S/C18H19F2N5O2/c19-15(20)14(26)13-12(16(27)25-21)10-22-17(23-13)24-18(8-4-5-9-18)11-6-2-1-3-7-11/h1-3,6-7,10,15H,4-5,8-9,21H2,(H,25,27)(H,22,23,24). The fraction of sp³-hybridized carbons (Fsp3) is 0.333. The molecule has 7 nitrogen and oxygen atoms in total. The topological polar surface area (TPSA) is 110 Å². The van der Waals surface area contributed by atoms with Crippen LogP contribution in [0.1, 0.15) is 52.1 Å². The Hall–Kier alpha value is -2.94. The summed E-state index contributed by atoms with van der Waals surface area (Å²) in [5.74, 6) is 2.59. The van der Waals surface area contributed by atoms with E-state index in [0.717, 1.165) is 37.4 Å². The normalized spacial score (nSPS) is 15.6. The van der Waals surface area contributed by atoms with Gasteiger partial charge in [0.15, 0.2) is 0 Å². The van der Waals surface area contributed by atoms with E-state index in [4.69, 9.17) is 5.84 Å². The number of nitrogens with one attached hydrogen (secondary N) is 2. The predicted octanol–water partition coefficient (Wildman–Crippen LogP) is 2.41. The van der Waals surface area contributed by atoms with E-state index in [0.29, 0.717) is 0 Å². The van der Waals surface area contributed by atoms with Gasteiger partial charge in [0, 0.05) is 6.20 Å². The Morgan fingerprint density at radius 3 is 2.41 bits per heavy atom. The molecule has 1 amide bonds. The quantitative estimate of drug-likeness (QED) is 0.310. The number of ketones is 1. The smallest absolute Gasteiger partial charge is 0.302 e. The van der Waals surface area contributed by atoms with Crippen molar-refractivity contribution in [3.63, 3.8) is 0 Å². The van der Waals surface area contributed by atoms with Gasteiger partial charge in [-0.15, -0.1) is 0 Å². The van der Waals surface area contributed by atoms with E-state index in [1.807, 2.05) is 30.3 Å². The summed E-state index contributed by atoms with van der Waals surface area (Å²) in [6.07, 6.45) is 1.32. The van der Waals surface area contributed by atoms with Gasteiger partial charge < -0.3 is 5.32 Å². The molecule has 1 aliphatic carbocycles. The number of carbonyl (C=O) groups is 2. The summed E-state index contributed by atoms with van der Waals surface area (Å²) < 4.78 is 25.9. The zero-order valence-electron chi connectivity index (χ0n) is 14.4. The molecule has 1 aromatic heterocycles. The number of rotatable bonds is 6. The Balaban J connectivity index is 2.00. The van der Waals surface area contributed by atoms with Gasteiger partial charge in [-0.05, 0) is 18.4 Å². The van der Waals surface area contributed by atoms with Crippen molar-refractivity contribution in [2.75, 3.05) is 5.32 Å². The maximum atomic E-state index is 12.9. The summed E-state index contributed by atoms with van der Waals surface area (Å²) >= 11 is 0. The first kappa shape index (κ1) is 18.8. The number of anilines is 1. The van der Waals surface area contributed by atoms with E-state index in [9.17, 15) is 18.4 Å². The average Bonchev–Trinajstić information content (AvgIpc) is 3.17. The van der Waals surface area contributed by atoms with Crippen LogP contribution in [0.3, 0.4) is 0 Å². The molecule has 1 aliphatic rings. The molecule has 0 aliphatic heterocycles. The van der Waals surface area contributed by atoms with Crippen molar-refractivity contribution in [2.45, 2.75) is 37.6 Å². The molecule has 3 rings (SSSR count). The van der Waals surface area contributed by atoms with Crippen LogP contribution >= 0.6 is 0 Å². The zero-order valence-corrected chi connectivity index (χ0v) is 14.4. The fourth-order valence-corrected chi connectivity index (χ4v) is 3.41. The summed E-state index contributed by atoms with van der Waals surface area (Å²) in [6, 6.07) is 9.68. The molecule has 27 heavy (non-hydrogen) atoms. The number of amides is 1. The first-order valence-electron chi connectivity index (χ1n) is 8.51. The first-order valence-corrected chi connectivity index (χ1v) is 8.51. The van der Waals surface area contributed by atoms with Crippen molar-refractivity contribution in [3.8, 4) is 0 Å². The predicted molar refractivity (Wildman–Crippen MR) is 94.2 cm³/mol. The summed E-state index contributed by atoms with van der Waals surface area (Å²) in [6.45, 7) is 0. The Morgan fingerprint density at radius 2 is 1.81 bits per heavy atom. The van der Waals surface area contributed by atoms with Crippen molar-refractivity contribution in [3.05, 3.63) is 53.3 Å². The number of nitrogens with two attached hydrogens (primary N) is 1. The molecule has 0 spiro atoms. The molecule has 0 saturated heterocycles. The van der Waals surface area contributed by atoms with Crippen LogP contribution in [-0.2, 0) is 5.54 Å². The number of hydrogen-bond acceptors (Lipinski definition) is 6. The molecule has 0 bridgehead atoms. The van der Waals surface area contributed by atoms with Gasteiger partial charge in [-0.3, -0.25) is 15.0 Å². The maximum absolute atomic E-state index is 12.9. The molecule has 1 fully saturated rings. The van der Waals surface area contributed by atoms with Crippen LogP contribution in [0.4, 0.5) is 14.7 Å². The molecule has 2 aromatic rings. The van der Waals surface area contributed by atoms with Gasteiger partial charge in [0.1, 0.15) is 5.69 Å². The summed E-state index contributed by atoms with van der Waals surface area (Å²) in [5.41, 5.74) is 1.32. The number of benzene rings is 1. The monoisotopic (exact) mass is 375 g/mol. The molecule has 1 aromatic carbocycles. The van der Waals surface area contributed by atoms with Crippen LogP contribution in [0.2, 0.25) is 0 Å². The minimum Gasteiger partial charge on any atom is -0.345 e. The number of halogens is 2. The lowest BCUT2D eigenvalue weighted by molar-refractivity contribution is 0.0669. The van der Waals surface area contributed by atoms with E-state index in [2.05, 4.69) is 15.3 Å². The number of alkyl halides is 2. The third-order valence-electron chi connectivity index (χ3n) is 4.73. The molecule has 0 radical (unpaired) electrons. The first-order chi connectivity index (χ1) is 13.0. The van der Waals surface area contributed by atoms with Crippen LogP contribution in [0.25, 0.3) is 0 Å². The van der Waals surface area contributed by atoms with Crippen molar-refractivity contribution >= 4 is 17.6 Å². The van der Waals surface area contributed by atoms with E-state index < -0.39 is 34.9 Å². The van der Waals surface area contributed by atoms with Gasteiger partial charge in [-0.1, -0.05) is 43.2 Å². The molecule has 142 valence electrons. The Bertz CT molecular complexity index is 839. The zero-order chi connectivity index (χ0) is 19.4. The largest absolute Gasteiger partial charge is 0.345 e. The number of hydrazine groups is 1. The molecule has 4 N–H and O–H groups in total. The second-order valence-electron chi connectivity index (χ2n) is 6.37. The van der Waals surface area contributed by atoms with Gasteiger partial charge in [0.05, 0.1) is 11.1 Å². The van der Waals surface area contributed by atoms with Crippen LogP contribution in [-0.4, -0.2) is 28.1 Å². The molecule has 9 heteroatoms. The molecule has 0 atom stereocenters. The van der Waals surface area contributed by atoms with Gasteiger partial charge in [0.2, 0.25) is 11.7 Å². The second-order valence-corrected chi connectivity index (χ2v) is 6.37. The molecule has 1 saturated carbocycles. The van der Waals surface area contributed by atoms with E-state index in [1.54, 1.807) is 5.43 Å². The van der Waals surface area contributed by atoms with Gasteiger partial charge in [-0.25, -0.2) is 24.6 Å². The number of carbonyl (C=O) groups excluding carboxylic acids is 2. The molecule has 1 heterocycles. The van der Waals surface area contributed by atoms with E-state index >= 15 is 0 Å². The van der Waals surface area contributed by atoms with Crippen LogP contribution in [0, 0.1) is 0 Å². The highest BCUT2D eigenvalue weighted by Gasteiger charge is 2.37. The van der Waals surface area contributed by atoms with Crippen molar-refractivity contribution < 1.29 is 18.4 Å². The van der Waals surface area contributed by atoms with Crippen LogP contribution in [0.15, 0.2) is 36.5 Å². The number of nitrogen functional groups attached to an aromatic ring is 1. The summed E-state index contributed by atoms with van der Waals surface area (Å²) in [4.78, 5) is 31.6. The molecular formula is C18H19F2N5O2. The van der Waals surface area contributed by atoms with E-state index in [-0.39, 0.29) is 5.95 Å². The lowest BCUT2D eigenvalue weighted by Gasteiger charge is -2.31. The molecule has 0 unspecified atom stereocenters. The summed E-state index contributed by atoms with van der Waals surface area (Å²) in [7, 11) is 0. The minimum absolute atomic E-state index is 0.0123. The summed E-state index contributed by atoms with van der Waals surface area (Å²) in [5, 5.41) is 3.21. The second kappa shape index (κ2) is 7.75. The van der Waals surface area contributed by atoms with Crippen LogP contribution < -0.4 is 16.6 Å². The van der Waals surface area contributed by atoms with Gasteiger partial charge in [0.25, 0.3) is 5.91 Å². The Labute approximate surface area is 154 Å². The number of Topliss-reactive ketones (excluding diaryl/α,β-unsaturated/α-hetero) is 1. The Morgan fingerprint density at radius 1 is 1.15 bits per heavy atom. The van der Waals surface area contributed by atoms with Crippen molar-refractivity contribution in [1.82, 2.24) is 15.4 Å². The van der Waals surface area contributed by atoms with Crippen LogP contribution in [0.5, 0.6) is 0 Å². The lowest BCUT2D eigenvalue weighted by Crippen LogP contribution is -2.35. The number of nitrogens with zero attached hydrogens (tertiary/aromatic N) is 2. The lowest BCUT2D eigenvalue weighted by atomic mass is 9.88. The van der Waals surface area contributed by atoms with Gasteiger partial charge in [-0.2, -0.15) is 0 Å². The highest BCUT2D eigenvalue weighted by molar-refractivity contribution is 6.07. The van der Waals surface area contributed by atoms with Crippen molar-refractivity contribution in [2.24, 2.45) is 5.84 Å². The number of hydrogen-bond donors (Lipinski definition) is 3. The van der Waals surface area contributed by atoms with Gasteiger partial charge >= 0.3 is 6.43 Å². The average molecular weight is 375 g/mol. The minimum atomic E-state index is -3.30. The maximum Gasteiger partial charge on any atom is 0.302 e. The third-order valence-corrected chi connectivity index (χ3v) is 4.73. The highest BCUT2D eigenvalue weighted by atomic mass is 19.3. The SMILES string of the molecule is NNC(=O)c1cnc(NC2(c3ccccc3)CCCC2)nc1C(=O)C(F)F. The van der Waals surface area contributed by atoms with Crippen molar-refractivity contribution in [1.29, 1.82) is 0 Å². The molecular weight excluding hydrogens is 356 g/mol. The van der Waals surface area contributed by atoms with E-state index in [1.165, 1.54) is 0 Å². The highest BCUT2D eigenvalue weighted by Crippen LogP contribution is 2.41. The number of aromatic nitrogens is 2. The Kier molecular flexibility index (Phi) is 5.41.